The maximum absolute atomic E-state index is 4.73. The summed E-state index contributed by atoms with van der Waals surface area (Å²) in [6.07, 6.45) is 5.47. The zero-order valence-corrected chi connectivity index (χ0v) is 16.2. The number of nitrogens with one attached hydrogen (secondary N) is 3. The molecule has 8 nitrogen and oxygen atoms in total. The van der Waals surface area contributed by atoms with E-state index in [-0.39, 0.29) is 6.04 Å². The van der Waals surface area contributed by atoms with Gasteiger partial charge >= 0.3 is 0 Å². The lowest BCUT2D eigenvalue weighted by molar-refractivity contribution is 0.579. The van der Waals surface area contributed by atoms with E-state index in [1.165, 1.54) is 11.1 Å². The van der Waals surface area contributed by atoms with Gasteiger partial charge in [-0.15, -0.1) is 0 Å². The smallest absolute Gasteiger partial charge is 0.233 e. The molecule has 0 spiro atoms. The predicted octanol–water partition coefficient (Wildman–Crippen LogP) is 2.00. The van der Waals surface area contributed by atoms with Crippen LogP contribution in [0.25, 0.3) is 0 Å². The Balaban J connectivity index is 1.40. The third-order valence-electron chi connectivity index (χ3n) is 5.33. The summed E-state index contributed by atoms with van der Waals surface area (Å²) in [4.78, 5) is 20.4. The molecule has 1 aromatic carbocycles. The van der Waals surface area contributed by atoms with Crippen LogP contribution in [0.5, 0.6) is 0 Å². The van der Waals surface area contributed by atoms with Crippen molar-refractivity contribution in [2.45, 2.75) is 18.9 Å². The number of pyridine rings is 1. The highest BCUT2D eigenvalue weighted by Gasteiger charge is 2.23. The fraction of sp³-hybridized carbons (Fsp3) is 0.333. The fourth-order valence-electron chi connectivity index (χ4n) is 3.90. The highest BCUT2D eigenvalue weighted by atomic mass is 15.3. The van der Waals surface area contributed by atoms with Crippen LogP contribution in [0.1, 0.15) is 11.1 Å². The van der Waals surface area contributed by atoms with Crippen LogP contribution in [0, 0.1) is 0 Å². The van der Waals surface area contributed by atoms with E-state index in [0.717, 1.165) is 44.7 Å². The second kappa shape index (κ2) is 8.00. The molecule has 0 saturated carbocycles. The van der Waals surface area contributed by atoms with Gasteiger partial charge in [0, 0.05) is 38.4 Å². The molecule has 29 heavy (non-hydrogen) atoms. The van der Waals surface area contributed by atoms with Crippen LogP contribution in [0.15, 0.2) is 48.8 Å². The summed E-state index contributed by atoms with van der Waals surface area (Å²) >= 11 is 0. The van der Waals surface area contributed by atoms with Gasteiger partial charge in [0.25, 0.3) is 0 Å². The number of hydrogen-bond donors (Lipinski definition) is 3. The zero-order chi connectivity index (χ0) is 19.5. The summed E-state index contributed by atoms with van der Waals surface area (Å²) in [5.74, 6) is 1.84. The lowest BCUT2D eigenvalue weighted by Gasteiger charge is -2.28. The molecule has 0 atom stereocenters. The summed E-state index contributed by atoms with van der Waals surface area (Å²) in [5.41, 5.74) is 3.65. The molecule has 148 valence electrons. The van der Waals surface area contributed by atoms with Gasteiger partial charge in [-0.3, -0.25) is 4.98 Å². The van der Waals surface area contributed by atoms with Crippen molar-refractivity contribution in [3.8, 4) is 0 Å². The second-order valence-corrected chi connectivity index (χ2v) is 7.40. The summed E-state index contributed by atoms with van der Waals surface area (Å²) in [6.45, 7) is 3.62. The summed E-state index contributed by atoms with van der Waals surface area (Å²) in [5, 5.41) is 10.2. The molecule has 3 aromatic rings. The van der Waals surface area contributed by atoms with Crippen molar-refractivity contribution < 1.29 is 0 Å². The van der Waals surface area contributed by atoms with E-state index < -0.39 is 0 Å². The van der Waals surface area contributed by atoms with Crippen molar-refractivity contribution in [3.05, 3.63) is 59.9 Å². The van der Waals surface area contributed by atoms with Crippen LogP contribution in [0.2, 0.25) is 0 Å². The number of fused-ring (bicyclic) bond motifs is 1. The van der Waals surface area contributed by atoms with E-state index in [4.69, 9.17) is 4.98 Å². The molecule has 1 saturated heterocycles. The Kier molecular flexibility index (Phi) is 4.92. The van der Waals surface area contributed by atoms with E-state index in [2.05, 4.69) is 60.1 Å². The van der Waals surface area contributed by atoms with Crippen LogP contribution in [-0.4, -0.2) is 52.2 Å². The number of nitrogens with zero attached hydrogens (tertiary/aromatic N) is 5. The Morgan fingerprint density at radius 2 is 1.66 bits per heavy atom. The molecule has 5 rings (SSSR count). The van der Waals surface area contributed by atoms with E-state index in [0.29, 0.717) is 17.8 Å². The lowest BCUT2D eigenvalue weighted by atomic mass is 10.1. The molecule has 0 bridgehead atoms. The van der Waals surface area contributed by atoms with Gasteiger partial charge in [-0.1, -0.05) is 24.3 Å². The molecule has 1 aliphatic carbocycles. The molecule has 0 amide bonds. The van der Waals surface area contributed by atoms with Gasteiger partial charge in [0.05, 0.1) is 11.9 Å². The largest absolute Gasteiger partial charge is 0.351 e. The van der Waals surface area contributed by atoms with Gasteiger partial charge < -0.3 is 20.9 Å². The first kappa shape index (κ1) is 17.8. The molecule has 1 fully saturated rings. The maximum Gasteiger partial charge on any atom is 0.233 e. The standard InChI is InChI=1S/C21H24N8/c1-2-5-16-13-18(12-15(16)4-1)25-20-26-19(24-17-6-3-7-23-14-17)27-21(28-20)29-10-8-22-9-11-29/h1-7,14,18,22H,8-13H2,(H2,24,25,26,27,28). The van der Waals surface area contributed by atoms with Crippen molar-refractivity contribution >= 4 is 23.5 Å². The third kappa shape index (κ3) is 4.12. The molecular weight excluding hydrogens is 364 g/mol. The van der Waals surface area contributed by atoms with Crippen LogP contribution in [-0.2, 0) is 12.8 Å². The van der Waals surface area contributed by atoms with Gasteiger partial charge in [0.15, 0.2) is 0 Å². The summed E-state index contributed by atoms with van der Waals surface area (Å²) < 4.78 is 0. The minimum atomic E-state index is 0.289. The van der Waals surface area contributed by atoms with Gasteiger partial charge in [-0.05, 0) is 36.1 Å². The van der Waals surface area contributed by atoms with Crippen LogP contribution in [0.4, 0.5) is 23.5 Å². The molecule has 2 aliphatic rings. The van der Waals surface area contributed by atoms with Gasteiger partial charge in [0.1, 0.15) is 0 Å². The Hall–Kier alpha value is -3.26. The topological polar surface area (TPSA) is 90.9 Å². The maximum atomic E-state index is 4.73. The number of hydrogen-bond acceptors (Lipinski definition) is 8. The highest BCUT2D eigenvalue weighted by Crippen LogP contribution is 2.25. The molecule has 0 radical (unpaired) electrons. The number of rotatable bonds is 5. The first-order valence-corrected chi connectivity index (χ1v) is 10.1. The average Bonchev–Trinajstić information content (AvgIpc) is 3.17. The third-order valence-corrected chi connectivity index (χ3v) is 5.33. The Bertz CT molecular complexity index is 946. The molecule has 1 aliphatic heterocycles. The monoisotopic (exact) mass is 388 g/mol. The minimum Gasteiger partial charge on any atom is -0.351 e. The lowest BCUT2D eigenvalue weighted by Crippen LogP contribution is -2.44. The number of benzene rings is 1. The van der Waals surface area contributed by atoms with Crippen molar-refractivity contribution in [1.29, 1.82) is 0 Å². The summed E-state index contributed by atoms with van der Waals surface area (Å²) in [6, 6.07) is 12.7. The normalized spacial score (nSPS) is 16.5. The molecule has 0 unspecified atom stereocenters. The Labute approximate surface area is 169 Å². The van der Waals surface area contributed by atoms with Crippen LogP contribution < -0.4 is 20.9 Å². The highest BCUT2D eigenvalue weighted by molar-refractivity contribution is 5.55. The molecule has 8 heteroatoms. The second-order valence-electron chi connectivity index (χ2n) is 7.40. The van der Waals surface area contributed by atoms with E-state index in [1.807, 2.05) is 12.1 Å². The average molecular weight is 388 g/mol. The van der Waals surface area contributed by atoms with E-state index >= 15 is 0 Å². The number of aromatic nitrogens is 4. The van der Waals surface area contributed by atoms with Crippen molar-refractivity contribution in [1.82, 2.24) is 25.3 Å². The predicted molar refractivity (Wildman–Crippen MR) is 114 cm³/mol. The SMILES string of the molecule is c1cncc(Nc2nc(NC3Cc4ccccc4C3)nc(N3CCNCC3)n2)c1. The van der Waals surface area contributed by atoms with Gasteiger partial charge in [-0.25, -0.2) is 0 Å². The van der Waals surface area contributed by atoms with E-state index in [1.54, 1.807) is 12.4 Å². The molecule has 2 aromatic heterocycles. The van der Waals surface area contributed by atoms with Crippen molar-refractivity contribution in [2.75, 3.05) is 41.7 Å². The van der Waals surface area contributed by atoms with Crippen molar-refractivity contribution in [2.24, 2.45) is 0 Å². The molecule has 3 N–H and O–H groups in total. The number of piperazine rings is 1. The van der Waals surface area contributed by atoms with E-state index in [9.17, 15) is 0 Å². The quantitative estimate of drug-likeness (QED) is 0.611. The fourth-order valence-corrected chi connectivity index (χ4v) is 3.90. The van der Waals surface area contributed by atoms with Crippen LogP contribution >= 0.6 is 0 Å². The zero-order valence-electron chi connectivity index (χ0n) is 16.2. The van der Waals surface area contributed by atoms with Crippen molar-refractivity contribution in [3.63, 3.8) is 0 Å². The van der Waals surface area contributed by atoms with Gasteiger partial charge in [0.2, 0.25) is 17.8 Å². The van der Waals surface area contributed by atoms with Gasteiger partial charge in [-0.2, -0.15) is 15.0 Å². The Morgan fingerprint density at radius 3 is 2.38 bits per heavy atom. The molecular formula is C21H24N8. The summed E-state index contributed by atoms with van der Waals surface area (Å²) in [7, 11) is 0. The van der Waals surface area contributed by atoms with Crippen LogP contribution in [0.3, 0.4) is 0 Å². The molecule has 3 heterocycles. The first-order chi connectivity index (χ1) is 14.3. The minimum absolute atomic E-state index is 0.289. The first-order valence-electron chi connectivity index (χ1n) is 10.1. The number of anilines is 4. The Morgan fingerprint density at radius 1 is 0.897 bits per heavy atom.